The number of carboxylic acid groups (broad SMARTS) is 1. The predicted molar refractivity (Wildman–Crippen MR) is 78.8 cm³/mol. The second kappa shape index (κ2) is 5.69. The van der Waals surface area contributed by atoms with E-state index in [1.54, 1.807) is 4.68 Å². The van der Waals surface area contributed by atoms with Crippen molar-refractivity contribution in [2.75, 3.05) is 13.1 Å². The SMILES string of the molecule is Cn1ccc([C@H]2CN(Cc3ccccc3)C[C@@H]2C(=O)O)n1. The van der Waals surface area contributed by atoms with E-state index in [1.807, 2.05) is 37.5 Å². The number of likely N-dealkylation sites (tertiary alicyclic amines) is 1. The molecule has 1 N–H and O–H groups in total. The lowest BCUT2D eigenvalue weighted by molar-refractivity contribution is -0.141. The average molecular weight is 285 g/mol. The first-order valence-corrected chi connectivity index (χ1v) is 7.12. The van der Waals surface area contributed by atoms with Gasteiger partial charge in [-0.25, -0.2) is 0 Å². The van der Waals surface area contributed by atoms with Crippen molar-refractivity contribution in [3.05, 3.63) is 53.9 Å². The van der Waals surface area contributed by atoms with Crippen LogP contribution in [0.1, 0.15) is 17.2 Å². The molecule has 2 aromatic rings. The number of carboxylic acids is 1. The van der Waals surface area contributed by atoms with Gasteiger partial charge in [-0.15, -0.1) is 0 Å². The van der Waals surface area contributed by atoms with Crippen molar-refractivity contribution in [1.29, 1.82) is 0 Å². The van der Waals surface area contributed by atoms with Crippen LogP contribution in [-0.2, 0) is 18.4 Å². The quantitative estimate of drug-likeness (QED) is 0.929. The highest BCUT2D eigenvalue weighted by atomic mass is 16.4. The second-order valence-corrected chi connectivity index (χ2v) is 5.65. The zero-order chi connectivity index (χ0) is 14.8. The van der Waals surface area contributed by atoms with Gasteiger partial charge >= 0.3 is 5.97 Å². The normalized spacial score (nSPS) is 22.5. The van der Waals surface area contributed by atoms with Crippen LogP contribution in [-0.4, -0.2) is 38.8 Å². The molecular formula is C16H19N3O2. The van der Waals surface area contributed by atoms with E-state index >= 15 is 0 Å². The standard InChI is InChI=1S/C16H19N3O2/c1-18-8-7-15(17-18)13-10-19(11-14(13)16(20)21)9-12-5-3-2-4-6-12/h2-8,13-14H,9-11H2,1H3,(H,20,21)/t13-,14-/m0/s1. The van der Waals surface area contributed by atoms with Gasteiger partial charge in [0.05, 0.1) is 11.6 Å². The number of aryl methyl sites for hydroxylation is 1. The zero-order valence-electron chi connectivity index (χ0n) is 12.0. The molecule has 1 aromatic heterocycles. The molecule has 1 aliphatic heterocycles. The third-order valence-electron chi connectivity index (χ3n) is 4.08. The van der Waals surface area contributed by atoms with Gasteiger partial charge in [-0.3, -0.25) is 14.4 Å². The maximum atomic E-state index is 11.5. The van der Waals surface area contributed by atoms with E-state index < -0.39 is 5.97 Å². The molecule has 3 rings (SSSR count). The number of aromatic nitrogens is 2. The van der Waals surface area contributed by atoms with E-state index in [1.165, 1.54) is 5.56 Å². The Balaban J connectivity index is 1.76. The fourth-order valence-electron chi connectivity index (χ4n) is 3.04. The molecule has 5 heteroatoms. The van der Waals surface area contributed by atoms with Gasteiger partial charge in [0.25, 0.3) is 0 Å². The number of benzene rings is 1. The summed E-state index contributed by atoms with van der Waals surface area (Å²) in [6.45, 7) is 2.10. The van der Waals surface area contributed by atoms with Gasteiger partial charge in [0.1, 0.15) is 0 Å². The molecule has 1 saturated heterocycles. The smallest absolute Gasteiger partial charge is 0.308 e. The Morgan fingerprint density at radius 1 is 1.29 bits per heavy atom. The van der Waals surface area contributed by atoms with Crippen LogP contribution in [0.4, 0.5) is 0 Å². The maximum Gasteiger partial charge on any atom is 0.308 e. The van der Waals surface area contributed by atoms with Crippen molar-refractivity contribution in [2.45, 2.75) is 12.5 Å². The number of nitrogens with zero attached hydrogens (tertiary/aromatic N) is 3. The van der Waals surface area contributed by atoms with Gasteiger partial charge in [0.2, 0.25) is 0 Å². The number of aliphatic carboxylic acids is 1. The highest BCUT2D eigenvalue weighted by molar-refractivity contribution is 5.72. The Hall–Kier alpha value is -2.14. The van der Waals surface area contributed by atoms with Crippen molar-refractivity contribution >= 4 is 5.97 Å². The molecular weight excluding hydrogens is 266 g/mol. The Bertz CT molecular complexity index is 623. The van der Waals surface area contributed by atoms with E-state index in [0.717, 1.165) is 18.8 Å². The molecule has 2 heterocycles. The van der Waals surface area contributed by atoms with Crippen LogP contribution in [0.15, 0.2) is 42.6 Å². The summed E-state index contributed by atoms with van der Waals surface area (Å²) in [4.78, 5) is 13.7. The minimum absolute atomic E-state index is 0.0348. The van der Waals surface area contributed by atoms with Gasteiger partial charge in [0, 0.05) is 38.8 Å². The Labute approximate surface area is 123 Å². The summed E-state index contributed by atoms with van der Waals surface area (Å²) in [6, 6.07) is 12.1. The summed E-state index contributed by atoms with van der Waals surface area (Å²) in [5.41, 5.74) is 2.09. The van der Waals surface area contributed by atoms with Crippen LogP contribution in [0.5, 0.6) is 0 Å². The summed E-state index contributed by atoms with van der Waals surface area (Å²) < 4.78 is 1.73. The van der Waals surface area contributed by atoms with Crippen LogP contribution in [0.3, 0.4) is 0 Å². The number of rotatable bonds is 4. The predicted octanol–water partition coefficient (Wildman–Crippen LogP) is 1.72. The molecule has 0 saturated carbocycles. The molecule has 1 aliphatic rings. The van der Waals surface area contributed by atoms with Crippen LogP contribution < -0.4 is 0 Å². The molecule has 5 nitrogen and oxygen atoms in total. The third kappa shape index (κ3) is 2.97. The second-order valence-electron chi connectivity index (χ2n) is 5.65. The minimum Gasteiger partial charge on any atom is -0.481 e. The number of hydrogen-bond acceptors (Lipinski definition) is 3. The molecule has 0 aliphatic carbocycles. The van der Waals surface area contributed by atoms with Crippen LogP contribution >= 0.6 is 0 Å². The van der Waals surface area contributed by atoms with Crippen molar-refractivity contribution in [1.82, 2.24) is 14.7 Å². The molecule has 0 bridgehead atoms. The van der Waals surface area contributed by atoms with E-state index in [0.29, 0.717) is 6.54 Å². The van der Waals surface area contributed by atoms with Gasteiger partial charge in [0.15, 0.2) is 0 Å². The lowest BCUT2D eigenvalue weighted by atomic mass is 9.93. The van der Waals surface area contributed by atoms with E-state index in [9.17, 15) is 9.90 Å². The molecule has 1 fully saturated rings. The molecule has 0 amide bonds. The lowest BCUT2D eigenvalue weighted by Gasteiger charge is -2.15. The minimum atomic E-state index is -0.735. The van der Waals surface area contributed by atoms with Crippen molar-refractivity contribution in [3.8, 4) is 0 Å². The number of carbonyl (C=O) groups is 1. The van der Waals surface area contributed by atoms with Crippen LogP contribution in [0, 0.1) is 5.92 Å². The van der Waals surface area contributed by atoms with Crippen LogP contribution in [0.25, 0.3) is 0 Å². The van der Waals surface area contributed by atoms with E-state index in [4.69, 9.17) is 0 Å². The highest BCUT2D eigenvalue weighted by Gasteiger charge is 2.39. The van der Waals surface area contributed by atoms with Crippen molar-refractivity contribution < 1.29 is 9.90 Å². The summed E-state index contributed by atoms with van der Waals surface area (Å²) in [6.07, 6.45) is 1.87. The topological polar surface area (TPSA) is 58.4 Å². The third-order valence-corrected chi connectivity index (χ3v) is 4.08. The number of hydrogen-bond donors (Lipinski definition) is 1. The molecule has 2 atom stereocenters. The van der Waals surface area contributed by atoms with Crippen molar-refractivity contribution in [2.24, 2.45) is 13.0 Å². The van der Waals surface area contributed by atoms with Crippen molar-refractivity contribution in [3.63, 3.8) is 0 Å². The largest absolute Gasteiger partial charge is 0.481 e. The average Bonchev–Trinajstić information content (AvgIpc) is 3.06. The first-order chi connectivity index (χ1) is 10.1. The summed E-state index contributed by atoms with van der Waals surface area (Å²) in [7, 11) is 1.86. The molecule has 0 spiro atoms. The molecule has 110 valence electrons. The lowest BCUT2D eigenvalue weighted by Crippen LogP contribution is -2.23. The Kier molecular flexibility index (Phi) is 3.75. The fraction of sp³-hybridized carbons (Fsp3) is 0.375. The van der Waals surface area contributed by atoms with Gasteiger partial charge in [-0.1, -0.05) is 30.3 Å². The maximum absolute atomic E-state index is 11.5. The van der Waals surface area contributed by atoms with Gasteiger partial charge < -0.3 is 5.11 Å². The molecule has 0 radical (unpaired) electrons. The molecule has 21 heavy (non-hydrogen) atoms. The molecule has 1 aromatic carbocycles. The van der Waals surface area contributed by atoms with Crippen LogP contribution in [0.2, 0.25) is 0 Å². The summed E-state index contributed by atoms with van der Waals surface area (Å²) in [5.74, 6) is -1.16. The van der Waals surface area contributed by atoms with E-state index in [2.05, 4.69) is 22.1 Å². The summed E-state index contributed by atoms with van der Waals surface area (Å²) >= 11 is 0. The van der Waals surface area contributed by atoms with E-state index in [-0.39, 0.29) is 11.8 Å². The first-order valence-electron chi connectivity index (χ1n) is 7.12. The zero-order valence-corrected chi connectivity index (χ0v) is 12.0. The first kappa shape index (κ1) is 13.8. The van der Waals surface area contributed by atoms with Gasteiger partial charge in [-0.2, -0.15) is 5.10 Å². The van der Waals surface area contributed by atoms with Gasteiger partial charge in [-0.05, 0) is 11.6 Å². The Morgan fingerprint density at radius 3 is 2.67 bits per heavy atom. The fourth-order valence-corrected chi connectivity index (χ4v) is 3.04. The Morgan fingerprint density at radius 2 is 2.05 bits per heavy atom. The molecule has 0 unspecified atom stereocenters. The monoisotopic (exact) mass is 285 g/mol. The summed E-state index contributed by atoms with van der Waals surface area (Å²) in [5, 5.41) is 13.9. The highest BCUT2D eigenvalue weighted by Crippen LogP contribution is 2.32.